The van der Waals surface area contributed by atoms with Gasteiger partial charge in [-0.25, -0.2) is 4.98 Å². The Labute approximate surface area is 79.6 Å². The van der Waals surface area contributed by atoms with E-state index in [1.54, 1.807) is 0 Å². The van der Waals surface area contributed by atoms with Crippen LogP contribution in [0.3, 0.4) is 0 Å². The van der Waals surface area contributed by atoms with E-state index in [4.69, 9.17) is 0 Å². The number of aromatic amines is 1. The minimum Gasteiger partial charge on any atom is -0.371 e. The Morgan fingerprint density at radius 2 is 1.62 bits per heavy atom. The SMILES string of the molecule is Cc1c[nH+]cc(C)c1N1CCCC1. The lowest BCUT2D eigenvalue weighted by molar-refractivity contribution is -0.378. The average molecular weight is 177 g/mol. The number of hydrogen-bond donors (Lipinski definition) is 0. The number of H-pyrrole nitrogens is 1. The van der Waals surface area contributed by atoms with Gasteiger partial charge in [-0.2, -0.15) is 0 Å². The summed E-state index contributed by atoms with van der Waals surface area (Å²) in [6.45, 7) is 6.81. The third-order valence-corrected chi connectivity index (χ3v) is 2.77. The minimum atomic E-state index is 1.23. The maximum atomic E-state index is 3.17. The molecule has 1 saturated heterocycles. The number of nitrogens with one attached hydrogen (secondary N) is 1. The standard InChI is InChI=1S/C11H16N2/c1-9-7-12-8-10(2)11(9)13-5-3-4-6-13/h7-8H,3-6H2,1-2H3/p+1. The smallest absolute Gasteiger partial charge is 0.172 e. The lowest BCUT2D eigenvalue weighted by Crippen LogP contribution is -2.21. The van der Waals surface area contributed by atoms with Crippen LogP contribution >= 0.6 is 0 Å². The second-order valence-corrected chi connectivity index (χ2v) is 3.86. The Kier molecular flexibility index (Phi) is 2.21. The number of rotatable bonds is 1. The fourth-order valence-electron chi connectivity index (χ4n) is 2.18. The van der Waals surface area contributed by atoms with Crippen LogP contribution in [0, 0.1) is 13.8 Å². The van der Waals surface area contributed by atoms with Gasteiger partial charge < -0.3 is 4.90 Å². The number of hydrogen-bond acceptors (Lipinski definition) is 1. The molecule has 1 aliphatic rings. The molecule has 0 aliphatic carbocycles. The average Bonchev–Trinajstić information content (AvgIpc) is 2.57. The van der Waals surface area contributed by atoms with Crippen LogP contribution in [0.25, 0.3) is 0 Å². The molecular formula is C11H17N2+. The van der Waals surface area contributed by atoms with Gasteiger partial charge in [0.15, 0.2) is 12.4 Å². The highest BCUT2D eigenvalue weighted by molar-refractivity contribution is 5.56. The van der Waals surface area contributed by atoms with Crippen molar-refractivity contribution < 1.29 is 4.98 Å². The van der Waals surface area contributed by atoms with Crippen LogP contribution in [0.1, 0.15) is 24.0 Å². The first kappa shape index (κ1) is 8.54. The highest BCUT2D eigenvalue weighted by Gasteiger charge is 2.17. The van der Waals surface area contributed by atoms with Gasteiger partial charge in [-0.1, -0.05) is 0 Å². The molecule has 2 rings (SSSR count). The van der Waals surface area contributed by atoms with Gasteiger partial charge in [0.2, 0.25) is 0 Å². The quantitative estimate of drug-likeness (QED) is 0.638. The highest BCUT2D eigenvalue weighted by atomic mass is 15.1. The molecule has 0 bridgehead atoms. The Balaban J connectivity index is 2.37. The molecule has 0 radical (unpaired) electrons. The molecule has 1 N–H and O–H groups in total. The van der Waals surface area contributed by atoms with Crippen molar-refractivity contribution in [3.05, 3.63) is 23.5 Å². The van der Waals surface area contributed by atoms with Gasteiger partial charge in [0.1, 0.15) is 0 Å². The number of nitrogens with zero attached hydrogens (tertiary/aromatic N) is 1. The van der Waals surface area contributed by atoms with Gasteiger partial charge in [0.05, 0.1) is 5.69 Å². The van der Waals surface area contributed by atoms with Crippen molar-refractivity contribution >= 4 is 5.69 Å². The Hall–Kier alpha value is -1.05. The first-order valence-electron chi connectivity index (χ1n) is 5.01. The van der Waals surface area contributed by atoms with E-state index in [1.807, 2.05) is 0 Å². The number of aryl methyl sites for hydroxylation is 2. The number of aromatic nitrogens is 1. The molecule has 0 unspecified atom stereocenters. The van der Waals surface area contributed by atoms with Crippen molar-refractivity contribution in [2.45, 2.75) is 26.7 Å². The summed E-state index contributed by atoms with van der Waals surface area (Å²) in [5.41, 5.74) is 4.17. The van der Waals surface area contributed by atoms with Crippen LogP contribution in [0.15, 0.2) is 12.4 Å². The molecule has 2 heterocycles. The molecule has 1 aromatic heterocycles. The van der Waals surface area contributed by atoms with Gasteiger partial charge in [0, 0.05) is 24.2 Å². The fourth-order valence-corrected chi connectivity index (χ4v) is 2.18. The zero-order valence-corrected chi connectivity index (χ0v) is 8.43. The normalized spacial score (nSPS) is 16.6. The van der Waals surface area contributed by atoms with Crippen molar-refractivity contribution in [2.75, 3.05) is 18.0 Å². The topological polar surface area (TPSA) is 17.4 Å². The van der Waals surface area contributed by atoms with Gasteiger partial charge in [-0.05, 0) is 26.7 Å². The van der Waals surface area contributed by atoms with Gasteiger partial charge >= 0.3 is 0 Å². The fraction of sp³-hybridized carbons (Fsp3) is 0.545. The van der Waals surface area contributed by atoms with Crippen LogP contribution in [0.4, 0.5) is 5.69 Å². The summed E-state index contributed by atoms with van der Waals surface area (Å²) in [5.74, 6) is 0. The monoisotopic (exact) mass is 177 g/mol. The molecule has 1 aromatic rings. The summed E-state index contributed by atoms with van der Waals surface area (Å²) in [5, 5.41) is 0. The Morgan fingerprint density at radius 3 is 2.15 bits per heavy atom. The first-order chi connectivity index (χ1) is 6.29. The molecule has 0 aromatic carbocycles. The summed E-state index contributed by atoms with van der Waals surface area (Å²) < 4.78 is 0. The van der Waals surface area contributed by atoms with Crippen LogP contribution in [-0.2, 0) is 0 Å². The van der Waals surface area contributed by atoms with E-state index in [1.165, 1.54) is 42.7 Å². The van der Waals surface area contributed by atoms with Gasteiger partial charge in [-0.15, -0.1) is 0 Å². The molecule has 0 saturated carbocycles. The predicted octanol–water partition coefficient (Wildman–Crippen LogP) is 1.72. The largest absolute Gasteiger partial charge is 0.371 e. The van der Waals surface area contributed by atoms with Gasteiger partial charge in [0.25, 0.3) is 0 Å². The second-order valence-electron chi connectivity index (χ2n) is 3.86. The summed E-state index contributed by atoms with van der Waals surface area (Å²) in [4.78, 5) is 5.66. The number of anilines is 1. The third kappa shape index (κ3) is 1.53. The molecule has 0 amide bonds. The zero-order chi connectivity index (χ0) is 9.26. The van der Waals surface area contributed by atoms with E-state index in [0.717, 1.165) is 0 Å². The van der Waals surface area contributed by atoms with Gasteiger partial charge in [-0.3, -0.25) is 0 Å². The molecule has 1 fully saturated rings. The van der Waals surface area contributed by atoms with E-state index in [-0.39, 0.29) is 0 Å². The van der Waals surface area contributed by atoms with E-state index >= 15 is 0 Å². The van der Waals surface area contributed by atoms with E-state index < -0.39 is 0 Å². The van der Waals surface area contributed by atoms with E-state index in [0.29, 0.717) is 0 Å². The molecule has 13 heavy (non-hydrogen) atoms. The Bertz CT molecular complexity index is 281. The van der Waals surface area contributed by atoms with E-state index in [9.17, 15) is 0 Å². The van der Waals surface area contributed by atoms with Crippen LogP contribution in [0.2, 0.25) is 0 Å². The third-order valence-electron chi connectivity index (χ3n) is 2.77. The molecule has 70 valence electrons. The van der Waals surface area contributed by atoms with Crippen LogP contribution < -0.4 is 9.88 Å². The maximum absolute atomic E-state index is 3.17. The maximum Gasteiger partial charge on any atom is 0.172 e. The van der Waals surface area contributed by atoms with Crippen molar-refractivity contribution in [1.29, 1.82) is 0 Å². The van der Waals surface area contributed by atoms with Crippen molar-refractivity contribution in [3.8, 4) is 0 Å². The Morgan fingerprint density at radius 1 is 1.08 bits per heavy atom. The summed E-state index contributed by atoms with van der Waals surface area (Å²) in [6.07, 6.45) is 6.86. The zero-order valence-electron chi connectivity index (χ0n) is 8.43. The molecule has 1 aliphatic heterocycles. The van der Waals surface area contributed by atoms with Crippen LogP contribution in [-0.4, -0.2) is 13.1 Å². The molecule has 0 atom stereocenters. The second kappa shape index (κ2) is 3.36. The lowest BCUT2D eigenvalue weighted by Gasteiger charge is -2.20. The van der Waals surface area contributed by atoms with Crippen LogP contribution in [0.5, 0.6) is 0 Å². The van der Waals surface area contributed by atoms with Crippen molar-refractivity contribution in [3.63, 3.8) is 0 Å². The van der Waals surface area contributed by atoms with E-state index in [2.05, 4.69) is 36.1 Å². The molecule has 2 nitrogen and oxygen atoms in total. The highest BCUT2D eigenvalue weighted by Crippen LogP contribution is 2.25. The first-order valence-corrected chi connectivity index (χ1v) is 5.01. The summed E-state index contributed by atoms with van der Waals surface area (Å²) in [6, 6.07) is 0. The predicted molar refractivity (Wildman–Crippen MR) is 53.9 cm³/mol. The number of pyridine rings is 1. The molecule has 0 spiro atoms. The minimum absolute atomic E-state index is 1.23. The summed E-state index contributed by atoms with van der Waals surface area (Å²) >= 11 is 0. The lowest BCUT2D eigenvalue weighted by atomic mass is 10.1. The van der Waals surface area contributed by atoms with Crippen molar-refractivity contribution in [2.24, 2.45) is 0 Å². The molecule has 2 heteroatoms. The molecular weight excluding hydrogens is 160 g/mol. The summed E-state index contributed by atoms with van der Waals surface area (Å²) in [7, 11) is 0. The van der Waals surface area contributed by atoms with Crippen molar-refractivity contribution in [1.82, 2.24) is 0 Å².